The molecule has 1 fully saturated rings. The maximum Gasteiger partial charge on any atom is 0.327 e. The number of rotatable bonds is 3. The van der Waals surface area contributed by atoms with Gasteiger partial charge in [-0.2, -0.15) is 0 Å². The first-order valence-corrected chi connectivity index (χ1v) is 6.51. The zero-order chi connectivity index (χ0) is 13.2. The highest BCUT2D eigenvalue weighted by Crippen LogP contribution is 2.22. The minimum Gasteiger partial charge on any atom is -0.381 e. The number of imidazole rings is 1. The summed E-state index contributed by atoms with van der Waals surface area (Å²) in [5.74, 6) is -0.0257. The molecular weight excluding hydrogens is 249 g/mol. The minimum atomic E-state index is -1.03. The molecule has 0 spiro atoms. The molecule has 0 aliphatic carbocycles. The molecule has 1 atom stereocenters. The van der Waals surface area contributed by atoms with Crippen molar-refractivity contribution in [2.75, 3.05) is 13.2 Å². The third kappa shape index (κ3) is 2.40. The average molecular weight is 265 g/mol. The molecule has 19 heavy (non-hydrogen) atoms. The number of nitrogens with one attached hydrogen (secondary N) is 1. The molecule has 2 aromatic heterocycles. The molecule has 3 rings (SSSR count). The third-order valence-corrected chi connectivity index (χ3v) is 3.68. The highest BCUT2D eigenvalue weighted by Gasteiger charge is 2.25. The lowest BCUT2D eigenvalue weighted by Gasteiger charge is -2.25. The van der Waals surface area contributed by atoms with Crippen molar-refractivity contribution in [2.45, 2.75) is 25.6 Å². The fourth-order valence-corrected chi connectivity index (χ4v) is 2.57. The van der Waals surface area contributed by atoms with Crippen LogP contribution in [0.5, 0.6) is 0 Å². The van der Waals surface area contributed by atoms with Gasteiger partial charge in [0.25, 0.3) is 0 Å². The standard InChI is InChI=1S/C13H16FN3O2/c14-10(9-3-6-19-7-4-9)8-17-11-2-1-5-15-12(11)16-13(17)18/h1-2,5,9-10H,3-4,6-8H2,(H,15,16,18). The van der Waals surface area contributed by atoms with Crippen molar-refractivity contribution in [3.05, 3.63) is 28.8 Å². The van der Waals surface area contributed by atoms with E-state index in [9.17, 15) is 9.18 Å². The molecule has 1 saturated heterocycles. The average Bonchev–Trinajstić information content (AvgIpc) is 2.76. The topological polar surface area (TPSA) is 59.9 Å². The van der Waals surface area contributed by atoms with Crippen LogP contribution in [-0.2, 0) is 11.3 Å². The zero-order valence-electron chi connectivity index (χ0n) is 10.5. The Morgan fingerprint density at radius 3 is 3.11 bits per heavy atom. The Labute approximate surface area is 109 Å². The summed E-state index contributed by atoms with van der Waals surface area (Å²) in [4.78, 5) is 18.5. The third-order valence-electron chi connectivity index (χ3n) is 3.68. The van der Waals surface area contributed by atoms with Gasteiger partial charge in [-0.15, -0.1) is 0 Å². The molecule has 6 heteroatoms. The molecule has 3 heterocycles. The van der Waals surface area contributed by atoms with Crippen LogP contribution >= 0.6 is 0 Å². The first kappa shape index (κ1) is 12.3. The van der Waals surface area contributed by atoms with Gasteiger partial charge in [0.1, 0.15) is 6.17 Å². The summed E-state index contributed by atoms with van der Waals surface area (Å²) in [5.41, 5.74) is 0.859. The van der Waals surface area contributed by atoms with Gasteiger partial charge in [-0.3, -0.25) is 9.55 Å². The molecule has 1 unspecified atom stereocenters. The van der Waals surface area contributed by atoms with E-state index in [1.807, 2.05) is 0 Å². The number of fused-ring (bicyclic) bond motifs is 1. The van der Waals surface area contributed by atoms with E-state index >= 15 is 0 Å². The van der Waals surface area contributed by atoms with Gasteiger partial charge in [-0.1, -0.05) is 0 Å². The summed E-state index contributed by atoms with van der Waals surface area (Å²) < 4.78 is 21.0. The fourth-order valence-electron chi connectivity index (χ4n) is 2.57. The minimum absolute atomic E-state index is 0.0257. The smallest absolute Gasteiger partial charge is 0.327 e. The second-order valence-corrected chi connectivity index (χ2v) is 4.88. The van der Waals surface area contributed by atoms with Crippen molar-refractivity contribution >= 4 is 11.2 Å². The number of ether oxygens (including phenoxy) is 1. The van der Waals surface area contributed by atoms with Gasteiger partial charge in [0.05, 0.1) is 12.1 Å². The number of hydrogen-bond acceptors (Lipinski definition) is 3. The summed E-state index contributed by atoms with van der Waals surface area (Å²) in [7, 11) is 0. The predicted molar refractivity (Wildman–Crippen MR) is 68.8 cm³/mol. The molecule has 1 N–H and O–H groups in total. The Bertz CT molecular complexity index is 616. The summed E-state index contributed by atoms with van der Waals surface area (Å²) in [6.45, 7) is 1.29. The highest BCUT2D eigenvalue weighted by atomic mass is 19.1. The normalized spacial score (nSPS) is 18.8. The van der Waals surface area contributed by atoms with Crippen LogP contribution in [-0.4, -0.2) is 33.9 Å². The number of nitrogens with zero attached hydrogens (tertiary/aromatic N) is 2. The molecule has 1 aliphatic rings. The van der Waals surface area contributed by atoms with Gasteiger partial charge in [-0.25, -0.2) is 14.2 Å². The van der Waals surface area contributed by atoms with Crippen LogP contribution in [0.1, 0.15) is 12.8 Å². The number of aromatic amines is 1. The number of alkyl halides is 1. The summed E-state index contributed by atoms with van der Waals surface area (Å²) in [5, 5.41) is 0. The van der Waals surface area contributed by atoms with E-state index in [1.54, 1.807) is 18.3 Å². The van der Waals surface area contributed by atoms with Crippen molar-refractivity contribution in [3.8, 4) is 0 Å². The summed E-state index contributed by atoms with van der Waals surface area (Å²) >= 11 is 0. The number of hydrogen-bond donors (Lipinski definition) is 1. The van der Waals surface area contributed by atoms with Crippen LogP contribution in [0.15, 0.2) is 23.1 Å². The SMILES string of the molecule is O=c1[nH]c2ncccc2n1CC(F)C1CCOCC1. The molecule has 1 aliphatic heterocycles. The molecule has 0 aromatic carbocycles. The molecule has 0 saturated carbocycles. The Morgan fingerprint density at radius 1 is 1.53 bits per heavy atom. The van der Waals surface area contributed by atoms with Gasteiger partial charge in [0.15, 0.2) is 5.65 Å². The van der Waals surface area contributed by atoms with Crippen molar-refractivity contribution in [3.63, 3.8) is 0 Å². The molecule has 0 amide bonds. The summed E-state index contributed by atoms with van der Waals surface area (Å²) in [6, 6.07) is 3.52. The quantitative estimate of drug-likeness (QED) is 0.914. The van der Waals surface area contributed by atoms with E-state index in [1.165, 1.54) is 4.57 Å². The maximum absolute atomic E-state index is 14.3. The van der Waals surface area contributed by atoms with Crippen molar-refractivity contribution in [1.82, 2.24) is 14.5 Å². The van der Waals surface area contributed by atoms with Crippen molar-refractivity contribution in [2.24, 2.45) is 5.92 Å². The first-order chi connectivity index (χ1) is 9.25. The van der Waals surface area contributed by atoms with Crippen LogP contribution in [0.3, 0.4) is 0 Å². The van der Waals surface area contributed by atoms with Gasteiger partial charge in [0.2, 0.25) is 0 Å². The zero-order valence-corrected chi connectivity index (χ0v) is 10.5. The lowest BCUT2D eigenvalue weighted by molar-refractivity contribution is 0.0328. The predicted octanol–water partition coefficient (Wildman–Crippen LogP) is 1.49. The largest absolute Gasteiger partial charge is 0.381 e. The molecule has 2 aromatic rings. The van der Waals surface area contributed by atoms with E-state index in [0.29, 0.717) is 24.4 Å². The van der Waals surface area contributed by atoms with Crippen molar-refractivity contribution in [1.29, 1.82) is 0 Å². The van der Waals surface area contributed by atoms with E-state index < -0.39 is 6.17 Å². The van der Waals surface area contributed by atoms with Crippen LogP contribution < -0.4 is 5.69 Å². The van der Waals surface area contributed by atoms with Crippen LogP contribution in [0, 0.1) is 5.92 Å². The summed E-state index contributed by atoms with van der Waals surface area (Å²) in [6.07, 6.45) is 2.02. The first-order valence-electron chi connectivity index (χ1n) is 6.51. The van der Waals surface area contributed by atoms with E-state index in [4.69, 9.17) is 4.74 Å². The van der Waals surface area contributed by atoms with Crippen LogP contribution in [0.25, 0.3) is 11.2 Å². The second-order valence-electron chi connectivity index (χ2n) is 4.88. The number of halogens is 1. The molecule has 0 radical (unpaired) electrons. The lowest BCUT2D eigenvalue weighted by atomic mass is 9.95. The number of aromatic nitrogens is 3. The Balaban J connectivity index is 1.84. The van der Waals surface area contributed by atoms with E-state index in [-0.39, 0.29) is 18.2 Å². The Hall–Kier alpha value is -1.69. The van der Waals surface area contributed by atoms with Crippen LogP contribution in [0.2, 0.25) is 0 Å². The fraction of sp³-hybridized carbons (Fsp3) is 0.538. The van der Waals surface area contributed by atoms with Crippen LogP contribution in [0.4, 0.5) is 4.39 Å². The van der Waals surface area contributed by atoms with Gasteiger partial charge < -0.3 is 4.74 Å². The highest BCUT2D eigenvalue weighted by molar-refractivity contribution is 5.70. The second kappa shape index (κ2) is 5.13. The number of H-pyrrole nitrogens is 1. The molecular formula is C13H16FN3O2. The van der Waals surface area contributed by atoms with Crippen molar-refractivity contribution < 1.29 is 9.13 Å². The molecule has 0 bridgehead atoms. The molecule has 5 nitrogen and oxygen atoms in total. The Morgan fingerprint density at radius 2 is 2.32 bits per heavy atom. The van der Waals surface area contributed by atoms with Gasteiger partial charge in [-0.05, 0) is 30.9 Å². The van der Waals surface area contributed by atoms with E-state index in [2.05, 4.69) is 9.97 Å². The van der Waals surface area contributed by atoms with E-state index in [0.717, 1.165) is 12.8 Å². The van der Waals surface area contributed by atoms with Gasteiger partial charge in [0, 0.05) is 19.4 Å². The Kier molecular flexibility index (Phi) is 3.33. The van der Waals surface area contributed by atoms with Gasteiger partial charge >= 0.3 is 5.69 Å². The monoisotopic (exact) mass is 265 g/mol. The lowest BCUT2D eigenvalue weighted by Crippen LogP contribution is -2.31. The maximum atomic E-state index is 14.3. The molecule has 102 valence electrons. The number of pyridine rings is 1.